The van der Waals surface area contributed by atoms with E-state index >= 15 is 4.39 Å². The van der Waals surface area contributed by atoms with Crippen molar-refractivity contribution in [3.05, 3.63) is 40.3 Å². The Labute approximate surface area is 216 Å². The van der Waals surface area contributed by atoms with E-state index in [-0.39, 0.29) is 46.1 Å². The van der Waals surface area contributed by atoms with Gasteiger partial charge >= 0.3 is 12.4 Å². The first-order valence-electron chi connectivity index (χ1n) is 11.3. The number of aromatic nitrogens is 1. The molecule has 4 N–H and O–H groups in total. The molecule has 0 saturated carbocycles. The number of aliphatic hydroxyl groups is 2. The van der Waals surface area contributed by atoms with Crippen LogP contribution in [0.1, 0.15) is 54.7 Å². The number of hydrogen-bond donors (Lipinski definition) is 3. The van der Waals surface area contributed by atoms with Gasteiger partial charge in [-0.05, 0) is 39.7 Å². The fourth-order valence-electron chi connectivity index (χ4n) is 3.89. The molecule has 7 nitrogen and oxygen atoms in total. The number of nitrogens with zero attached hydrogens (tertiary/aromatic N) is 3. The third-order valence-corrected chi connectivity index (χ3v) is 7.06. The minimum absolute atomic E-state index is 0.0648. The largest absolute Gasteiger partial charge is 0.430 e. The zero-order valence-electron chi connectivity index (χ0n) is 20.4. The lowest BCUT2D eigenvalue weighted by Gasteiger charge is -2.32. The SMILES string of the molecule is C[C@H]1CCCN1C(=O)c1nc(C(N)=NCC(C)(C)O)sc1-c1ccc(C(O)(C(F)(F)F)C(F)(F)F)cc1F. The number of nitrogens with two attached hydrogens (primary N) is 1. The van der Waals surface area contributed by atoms with Gasteiger partial charge in [-0.3, -0.25) is 9.79 Å². The number of carbonyl (C=O) groups excluding carboxylic acids is 1. The monoisotopic (exact) mass is 570 g/mol. The number of alkyl halides is 6. The van der Waals surface area contributed by atoms with Crippen molar-refractivity contribution in [1.29, 1.82) is 0 Å². The molecule has 0 spiro atoms. The van der Waals surface area contributed by atoms with Gasteiger partial charge in [0.15, 0.2) is 10.8 Å². The van der Waals surface area contributed by atoms with Gasteiger partial charge in [-0.25, -0.2) is 9.37 Å². The molecular weight excluding hydrogens is 545 g/mol. The van der Waals surface area contributed by atoms with Crippen LogP contribution in [0.15, 0.2) is 23.2 Å². The highest BCUT2D eigenvalue weighted by molar-refractivity contribution is 7.17. The smallest absolute Gasteiger partial charge is 0.389 e. The summed E-state index contributed by atoms with van der Waals surface area (Å²) in [6, 6.07) is 0.631. The number of benzene rings is 1. The second-order valence-corrected chi connectivity index (χ2v) is 10.6. The molecule has 0 bridgehead atoms. The van der Waals surface area contributed by atoms with Crippen molar-refractivity contribution in [3.8, 4) is 10.4 Å². The van der Waals surface area contributed by atoms with Crippen molar-refractivity contribution in [2.75, 3.05) is 13.1 Å². The first-order valence-corrected chi connectivity index (χ1v) is 12.1. The molecule has 0 radical (unpaired) electrons. The summed E-state index contributed by atoms with van der Waals surface area (Å²) in [5.74, 6) is -2.40. The van der Waals surface area contributed by atoms with Crippen molar-refractivity contribution < 1.29 is 45.7 Å². The van der Waals surface area contributed by atoms with Crippen LogP contribution < -0.4 is 5.73 Å². The van der Waals surface area contributed by atoms with Crippen molar-refractivity contribution in [1.82, 2.24) is 9.88 Å². The van der Waals surface area contributed by atoms with Gasteiger partial charge < -0.3 is 20.8 Å². The maximum Gasteiger partial charge on any atom is 0.430 e. The number of halogens is 7. The highest BCUT2D eigenvalue weighted by atomic mass is 32.1. The molecule has 1 aromatic heterocycles. The molecular formula is C23H25F7N4O3S. The second kappa shape index (κ2) is 10.1. The van der Waals surface area contributed by atoms with E-state index in [1.807, 2.05) is 0 Å². The molecule has 0 unspecified atom stereocenters. The Balaban J connectivity index is 2.16. The van der Waals surface area contributed by atoms with Gasteiger partial charge in [-0.1, -0.05) is 12.1 Å². The quantitative estimate of drug-likeness (QED) is 0.272. The number of likely N-dealkylation sites (tertiary alicyclic amines) is 1. The standard InChI is InChI=1S/C23H25F7N4O3S/c1-11-5-4-8-34(11)19(35)15-16(38-18(33-15)17(31)32-10-20(2,3)36)13-7-6-12(9-14(13)24)21(37,22(25,26)27)23(28,29)30/h6-7,9,11,36-37H,4-5,8,10H2,1-3H3,(H2,31,32)/t11-/m0/s1. The van der Waals surface area contributed by atoms with Gasteiger partial charge in [0.25, 0.3) is 11.5 Å². The van der Waals surface area contributed by atoms with Crippen molar-refractivity contribution in [2.24, 2.45) is 10.7 Å². The first kappa shape index (κ1) is 29.8. The fraction of sp³-hybridized carbons (Fsp3) is 0.522. The average molecular weight is 571 g/mol. The summed E-state index contributed by atoms with van der Waals surface area (Å²) in [5.41, 5.74) is -3.24. The molecule has 1 amide bonds. The van der Waals surface area contributed by atoms with Crippen molar-refractivity contribution in [3.63, 3.8) is 0 Å². The van der Waals surface area contributed by atoms with Gasteiger partial charge in [0.05, 0.1) is 17.0 Å². The molecule has 1 fully saturated rings. The molecule has 0 aliphatic carbocycles. The molecule has 38 heavy (non-hydrogen) atoms. The van der Waals surface area contributed by atoms with E-state index in [0.717, 1.165) is 0 Å². The Morgan fingerprint density at radius 1 is 1.18 bits per heavy atom. The van der Waals surface area contributed by atoms with E-state index < -0.39 is 46.4 Å². The zero-order chi connectivity index (χ0) is 28.8. The summed E-state index contributed by atoms with van der Waals surface area (Å²) in [6.45, 7) is 4.90. The third kappa shape index (κ3) is 5.64. The van der Waals surface area contributed by atoms with E-state index in [1.54, 1.807) is 6.92 Å². The van der Waals surface area contributed by atoms with E-state index in [2.05, 4.69) is 9.98 Å². The molecule has 210 valence electrons. The molecule has 1 aromatic carbocycles. The summed E-state index contributed by atoms with van der Waals surface area (Å²) in [7, 11) is 0. The molecule has 1 saturated heterocycles. The Bertz CT molecular complexity index is 1220. The fourth-order valence-corrected chi connectivity index (χ4v) is 4.89. The van der Waals surface area contributed by atoms with Crippen LogP contribution in [0.3, 0.4) is 0 Å². The van der Waals surface area contributed by atoms with Crippen LogP contribution in [0.4, 0.5) is 30.7 Å². The van der Waals surface area contributed by atoms with E-state index in [0.29, 0.717) is 36.8 Å². The number of amidine groups is 1. The third-order valence-electron chi connectivity index (χ3n) is 5.95. The van der Waals surface area contributed by atoms with Gasteiger partial charge in [-0.2, -0.15) is 26.3 Å². The number of aliphatic imine (C=N–C) groups is 1. The van der Waals surface area contributed by atoms with Gasteiger partial charge in [-0.15, -0.1) is 11.3 Å². The van der Waals surface area contributed by atoms with Crippen LogP contribution in [-0.2, 0) is 5.60 Å². The van der Waals surface area contributed by atoms with E-state index in [1.165, 1.54) is 18.7 Å². The topological polar surface area (TPSA) is 112 Å². The van der Waals surface area contributed by atoms with Crippen LogP contribution >= 0.6 is 11.3 Å². The molecule has 1 atom stereocenters. The van der Waals surface area contributed by atoms with Crippen molar-refractivity contribution >= 4 is 23.1 Å². The maximum absolute atomic E-state index is 15.2. The maximum atomic E-state index is 15.2. The highest BCUT2D eigenvalue weighted by Crippen LogP contribution is 2.50. The number of amides is 1. The van der Waals surface area contributed by atoms with Crippen LogP contribution in [-0.4, -0.2) is 68.9 Å². The highest BCUT2D eigenvalue weighted by Gasteiger charge is 2.71. The predicted octanol–water partition coefficient (Wildman–Crippen LogP) is 4.36. The van der Waals surface area contributed by atoms with Crippen LogP contribution in [0, 0.1) is 5.82 Å². The normalized spacial score (nSPS) is 17.8. The minimum atomic E-state index is -6.20. The lowest BCUT2D eigenvalue weighted by atomic mass is 9.91. The van der Waals surface area contributed by atoms with Crippen molar-refractivity contribution in [2.45, 2.75) is 63.2 Å². The second-order valence-electron chi connectivity index (χ2n) is 9.60. The number of hydrogen-bond acceptors (Lipinski definition) is 6. The zero-order valence-corrected chi connectivity index (χ0v) is 21.2. The number of carbonyl (C=O) groups is 1. The summed E-state index contributed by atoms with van der Waals surface area (Å²) in [4.78, 5) is 22.7. The van der Waals surface area contributed by atoms with Crippen LogP contribution in [0.5, 0.6) is 0 Å². The summed E-state index contributed by atoms with van der Waals surface area (Å²) in [5, 5.41) is 19.4. The Morgan fingerprint density at radius 3 is 2.26 bits per heavy atom. The molecule has 3 rings (SSSR count). The summed E-state index contributed by atoms with van der Waals surface area (Å²) >= 11 is 0.655. The first-order chi connectivity index (χ1) is 17.3. The Morgan fingerprint density at radius 2 is 1.79 bits per heavy atom. The van der Waals surface area contributed by atoms with Gasteiger partial charge in [0, 0.05) is 23.7 Å². The van der Waals surface area contributed by atoms with E-state index in [9.17, 15) is 41.4 Å². The number of rotatable bonds is 6. The molecule has 1 aliphatic heterocycles. The molecule has 2 heterocycles. The predicted molar refractivity (Wildman–Crippen MR) is 125 cm³/mol. The lowest BCUT2D eigenvalue weighted by Crippen LogP contribution is -2.53. The summed E-state index contributed by atoms with van der Waals surface area (Å²) < 4.78 is 94.8. The molecule has 15 heteroatoms. The van der Waals surface area contributed by atoms with Crippen LogP contribution in [0.25, 0.3) is 10.4 Å². The molecule has 2 aromatic rings. The minimum Gasteiger partial charge on any atom is -0.389 e. The number of thiazole rings is 1. The Hall–Kier alpha value is -2.78. The van der Waals surface area contributed by atoms with Gasteiger partial charge in [0.1, 0.15) is 11.5 Å². The lowest BCUT2D eigenvalue weighted by molar-refractivity contribution is -0.376. The van der Waals surface area contributed by atoms with Crippen LogP contribution in [0.2, 0.25) is 0 Å². The van der Waals surface area contributed by atoms with Gasteiger partial charge in [0.2, 0.25) is 0 Å². The van der Waals surface area contributed by atoms with E-state index in [4.69, 9.17) is 5.73 Å². The average Bonchev–Trinajstić information content (AvgIpc) is 3.41. The molecule has 1 aliphatic rings. The summed E-state index contributed by atoms with van der Waals surface area (Å²) in [6.07, 6.45) is -11.0. The Kier molecular flexibility index (Phi) is 7.89.